The predicted molar refractivity (Wildman–Crippen MR) is 89.5 cm³/mol. The standard InChI is InChI=1S/C18H17BrN2/c19-16-9-8-14(11-20)18(10-16)21-12-15-6-3-5-13-4-1-2-7-17(13)15/h1-2,4,7-10,15,21H,3,5-6,12H2. The van der Waals surface area contributed by atoms with Crippen molar-refractivity contribution >= 4 is 21.6 Å². The first-order chi connectivity index (χ1) is 10.3. The van der Waals surface area contributed by atoms with E-state index in [4.69, 9.17) is 0 Å². The average molecular weight is 341 g/mol. The normalized spacial score (nSPS) is 16.9. The molecule has 1 unspecified atom stereocenters. The summed E-state index contributed by atoms with van der Waals surface area (Å²) >= 11 is 3.47. The van der Waals surface area contributed by atoms with Crippen LogP contribution in [0.1, 0.15) is 35.4 Å². The van der Waals surface area contributed by atoms with Crippen LogP contribution in [0.5, 0.6) is 0 Å². The van der Waals surface area contributed by atoms with Crippen LogP contribution >= 0.6 is 15.9 Å². The summed E-state index contributed by atoms with van der Waals surface area (Å²) in [5, 5.41) is 12.7. The Morgan fingerprint density at radius 3 is 2.95 bits per heavy atom. The van der Waals surface area contributed by atoms with Gasteiger partial charge >= 0.3 is 0 Å². The molecule has 0 aromatic heterocycles. The molecule has 0 saturated carbocycles. The molecule has 0 saturated heterocycles. The monoisotopic (exact) mass is 340 g/mol. The molecule has 0 spiro atoms. The third-order valence-corrected chi connectivity index (χ3v) is 4.63. The fourth-order valence-corrected chi connectivity index (χ4v) is 3.42. The molecule has 1 aliphatic carbocycles. The molecule has 106 valence electrons. The lowest BCUT2D eigenvalue weighted by Gasteiger charge is -2.26. The first-order valence-corrected chi connectivity index (χ1v) is 8.08. The summed E-state index contributed by atoms with van der Waals surface area (Å²) in [6, 6.07) is 16.7. The largest absolute Gasteiger partial charge is 0.383 e. The molecule has 0 fully saturated rings. The second kappa shape index (κ2) is 6.32. The van der Waals surface area contributed by atoms with E-state index in [9.17, 15) is 5.26 Å². The van der Waals surface area contributed by atoms with Gasteiger partial charge in [0, 0.05) is 16.9 Å². The van der Waals surface area contributed by atoms with Crippen molar-refractivity contribution in [2.45, 2.75) is 25.2 Å². The quantitative estimate of drug-likeness (QED) is 0.866. The maximum atomic E-state index is 9.20. The van der Waals surface area contributed by atoms with Crippen molar-refractivity contribution in [2.24, 2.45) is 0 Å². The van der Waals surface area contributed by atoms with Gasteiger partial charge in [0.05, 0.1) is 11.3 Å². The third-order valence-electron chi connectivity index (χ3n) is 4.13. The lowest BCUT2D eigenvalue weighted by molar-refractivity contribution is 0.572. The van der Waals surface area contributed by atoms with Gasteiger partial charge in [-0.15, -0.1) is 0 Å². The van der Waals surface area contributed by atoms with E-state index in [1.165, 1.54) is 30.4 Å². The van der Waals surface area contributed by atoms with Crippen molar-refractivity contribution in [2.75, 3.05) is 11.9 Å². The summed E-state index contributed by atoms with van der Waals surface area (Å²) in [5.74, 6) is 0.528. The number of rotatable bonds is 3. The van der Waals surface area contributed by atoms with Gasteiger partial charge in [-0.1, -0.05) is 40.2 Å². The average Bonchev–Trinajstić information content (AvgIpc) is 2.53. The van der Waals surface area contributed by atoms with E-state index >= 15 is 0 Å². The van der Waals surface area contributed by atoms with E-state index in [0.717, 1.165) is 16.7 Å². The van der Waals surface area contributed by atoms with E-state index in [2.05, 4.69) is 51.6 Å². The Hall–Kier alpha value is -1.79. The van der Waals surface area contributed by atoms with E-state index in [-0.39, 0.29) is 0 Å². The number of nitrogens with zero attached hydrogens (tertiary/aromatic N) is 1. The van der Waals surface area contributed by atoms with E-state index in [0.29, 0.717) is 11.5 Å². The molecular weight excluding hydrogens is 324 g/mol. The molecule has 3 rings (SSSR count). The molecular formula is C18H17BrN2. The smallest absolute Gasteiger partial charge is 0.101 e. The van der Waals surface area contributed by atoms with Crippen LogP contribution in [0, 0.1) is 11.3 Å². The zero-order valence-corrected chi connectivity index (χ0v) is 13.4. The fourth-order valence-electron chi connectivity index (χ4n) is 3.06. The number of nitriles is 1. The van der Waals surface area contributed by atoms with Gasteiger partial charge in [-0.25, -0.2) is 0 Å². The molecule has 2 aromatic carbocycles. The number of anilines is 1. The van der Waals surface area contributed by atoms with Gasteiger partial charge in [-0.3, -0.25) is 0 Å². The molecule has 0 amide bonds. The molecule has 3 heteroatoms. The lowest BCUT2D eigenvalue weighted by Crippen LogP contribution is -2.18. The summed E-state index contributed by atoms with van der Waals surface area (Å²) in [4.78, 5) is 0. The number of fused-ring (bicyclic) bond motifs is 1. The number of aryl methyl sites for hydroxylation is 1. The van der Waals surface area contributed by atoms with Crippen LogP contribution in [0.2, 0.25) is 0 Å². The number of nitrogens with one attached hydrogen (secondary N) is 1. The molecule has 21 heavy (non-hydrogen) atoms. The van der Waals surface area contributed by atoms with Gasteiger partial charge in [-0.05, 0) is 48.6 Å². The molecule has 0 heterocycles. The second-order valence-corrected chi connectivity index (χ2v) is 6.39. The molecule has 1 N–H and O–H groups in total. The molecule has 1 aliphatic rings. The van der Waals surface area contributed by atoms with Crippen LogP contribution in [0.25, 0.3) is 0 Å². The highest BCUT2D eigenvalue weighted by Crippen LogP contribution is 2.32. The predicted octanol–water partition coefficient (Wildman–Crippen LogP) is 4.85. The summed E-state index contributed by atoms with van der Waals surface area (Å²) < 4.78 is 0.994. The van der Waals surface area contributed by atoms with Gasteiger partial charge in [0.25, 0.3) is 0 Å². The summed E-state index contributed by atoms with van der Waals surface area (Å²) in [7, 11) is 0. The van der Waals surface area contributed by atoms with E-state index in [1.54, 1.807) is 0 Å². The minimum absolute atomic E-state index is 0.528. The Bertz CT molecular complexity index is 688. The number of benzene rings is 2. The van der Waals surface area contributed by atoms with E-state index < -0.39 is 0 Å². The second-order valence-electron chi connectivity index (χ2n) is 5.47. The van der Waals surface area contributed by atoms with Gasteiger partial charge in [0.2, 0.25) is 0 Å². The summed E-state index contributed by atoms with van der Waals surface area (Å²) in [5.41, 5.74) is 4.55. The molecule has 0 bridgehead atoms. The zero-order chi connectivity index (χ0) is 14.7. The zero-order valence-electron chi connectivity index (χ0n) is 11.8. The Labute approximate surface area is 133 Å². The number of hydrogen-bond acceptors (Lipinski definition) is 2. The highest BCUT2D eigenvalue weighted by molar-refractivity contribution is 9.10. The molecule has 0 radical (unpaired) electrons. The van der Waals surface area contributed by atoms with Gasteiger partial charge in [-0.2, -0.15) is 5.26 Å². The topological polar surface area (TPSA) is 35.8 Å². The van der Waals surface area contributed by atoms with Crippen LogP contribution in [0.15, 0.2) is 46.9 Å². The maximum absolute atomic E-state index is 9.20. The minimum Gasteiger partial charge on any atom is -0.383 e. The van der Waals surface area contributed by atoms with Crippen molar-refractivity contribution in [3.63, 3.8) is 0 Å². The van der Waals surface area contributed by atoms with Crippen molar-refractivity contribution in [3.8, 4) is 6.07 Å². The van der Waals surface area contributed by atoms with Crippen LogP contribution in [-0.4, -0.2) is 6.54 Å². The van der Waals surface area contributed by atoms with Crippen LogP contribution in [0.4, 0.5) is 5.69 Å². The highest BCUT2D eigenvalue weighted by Gasteiger charge is 2.19. The molecule has 2 nitrogen and oxygen atoms in total. The van der Waals surface area contributed by atoms with E-state index in [1.807, 2.05) is 18.2 Å². The molecule has 1 atom stereocenters. The Balaban J connectivity index is 1.78. The fraction of sp³-hybridized carbons (Fsp3) is 0.278. The van der Waals surface area contributed by atoms with Gasteiger partial charge < -0.3 is 5.32 Å². The molecule has 0 aliphatic heterocycles. The van der Waals surface area contributed by atoms with Crippen molar-refractivity contribution in [1.29, 1.82) is 5.26 Å². The number of hydrogen-bond donors (Lipinski definition) is 1. The van der Waals surface area contributed by atoms with Gasteiger partial charge in [0.15, 0.2) is 0 Å². The highest BCUT2D eigenvalue weighted by atomic mass is 79.9. The Kier molecular flexibility index (Phi) is 4.26. The SMILES string of the molecule is N#Cc1ccc(Br)cc1NCC1CCCc2ccccc21. The summed E-state index contributed by atoms with van der Waals surface area (Å²) in [6.07, 6.45) is 3.64. The number of halogens is 1. The van der Waals surface area contributed by atoms with Crippen LogP contribution in [0.3, 0.4) is 0 Å². The Morgan fingerprint density at radius 2 is 2.10 bits per heavy atom. The van der Waals surface area contributed by atoms with Gasteiger partial charge in [0.1, 0.15) is 6.07 Å². The van der Waals surface area contributed by atoms with Crippen LogP contribution in [-0.2, 0) is 6.42 Å². The van der Waals surface area contributed by atoms with Crippen LogP contribution < -0.4 is 5.32 Å². The van der Waals surface area contributed by atoms with Crippen molar-refractivity contribution in [1.82, 2.24) is 0 Å². The third kappa shape index (κ3) is 3.11. The maximum Gasteiger partial charge on any atom is 0.101 e. The van der Waals surface area contributed by atoms with Crippen molar-refractivity contribution < 1.29 is 0 Å². The molecule has 2 aromatic rings. The summed E-state index contributed by atoms with van der Waals surface area (Å²) in [6.45, 7) is 0.877. The van der Waals surface area contributed by atoms with Crippen molar-refractivity contribution in [3.05, 3.63) is 63.6 Å². The Morgan fingerprint density at radius 1 is 1.24 bits per heavy atom. The lowest BCUT2D eigenvalue weighted by atomic mass is 9.83. The minimum atomic E-state index is 0.528. The first-order valence-electron chi connectivity index (χ1n) is 7.29. The first kappa shape index (κ1) is 14.2.